The highest BCUT2D eigenvalue weighted by Gasteiger charge is 1.96. The van der Waals surface area contributed by atoms with E-state index in [-0.39, 0.29) is 0 Å². The molecule has 0 N–H and O–H groups in total. The zero-order valence-corrected chi connectivity index (χ0v) is 7.40. The van der Waals surface area contributed by atoms with Crippen LogP contribution in [0.25, 0.3) is 0 Å². The van der Waals surface area contributed by atoms with E-state index in [1.54, 1.807) is 10.7 Å². The van der Waals surface area contributed by atoms with Crippen LogP contribution in [-0.4, -0.2) is 41.6 Å². The largest absolute Gasteiger partial charge is 0.308 e. The lowest BCUT2D eigenvalue weighted by Crippen LogP contribution is -2.18. The summed E-state index contributed by atoms with van der Waals surface area (Å²) in [6.45, 7) is 1.75. The van der Waals surface area contributed by atoms with Gasteiger partial charge in [-0.1, -0.05) is 0 Å². The molecule has 1 heterocycles. The van der Waals surface area contributed by atoms with E-state index < -0.39 is 0 Å². The second kappa shape index (κ2) is 4.01. The lowest BCUT2D eigenvalue weighted by Gasteiger charge is -2.08. The van der Waals surface area contributed by atoms with E-state index in [9.17, 15) is 4.79 Å². The Kier molecular flexibility index (Phi) is 2.99. The molecule has 0 unspecified atom stereocenters. The molecular formula is C8H13N3O. The second-order valence-electron chi connectivity index (χ2n) is 2.92. The minimum atomic E-state index is 0.494. The van der Waals surface area contributed by atoms with E-state index in [0.717, 1.165) is 19.4 Å². The first-order valence-electron chi connectivity index (χ1n) is 3.86. The summed E-state index contributed by atoms with van der Waals surface area (Å²) in [6.07, 6.45) is 2.57. The fourth-order valence-corrected chi connectivity index (χ4v) is 0.867. The number of rotatable bonds is 4. The quantitative estimate of drug-likeness (QED) is 0.604. The van der Waals surface area contributed by atoms with Gasteiger partial charge in [0.05, 0.1) is 6.54 Å². The maximum absolute atomic E-state index is 10.3. The lowest BCUT2D eigenvalue weighted by molar-refractivity contribution is 0.111. The van der Waals surface area contributed by atoms with Gasteiger partial charge in [-0.25, -0.2) is 0 Å². The number of hydrogen-bond donors (Lipinski definition) is 0. The SMILES string of the molecule is CN(C)CCn1ccc(C=O)n1. The van der Waals surface area contributed by atoms with Crippen LogP contribution in [-0.2, 0) is 6.54 Å². The van der Waals surface area contributed by atoms with Crippen LogP contribution in [0.4, 0.5) is 0 Å². The van der Waals surface area contributed by atoms with Gasteiger partial charge in [-0.3, -0.25) is 9.48 Å². The van der Waals surface area contributed by atoms with Gasteiger partial charge in [-0.2, -0.15) is 5.10 Å². The Morgan fingerprint density at radius 3 is 2.92 bits per heavy atom. The maximum atomic E-state index is 10.3. The molecule has 0 amide bonds. The summed E-state index contributed by atoms with van der Waals surface area (Å²) < 4.78 is 1.77. The third-order valence-electron chi connectivity index (χ3n) is 1.56. The van der Waals surface area contributed by atoms with Crippen molar-refractivity contribution in [2.24, 2.45) is 0 Å². The second-order valence-corrected chi connectivity index (χ2v) is 2.92. The summed E-state index contributed by atoms with van der Waals surface area (Å²) in [5.41, 5.74) is 0.494. The summed E-state index contributed by atoms with van der Waals surface area (Å²) in [5, 5.41) is 4.02. The molecule has 0 saturated carbocycles. The number of likely N-dealkylation sites (N-methyl/N-ethyl adjacent to an activating group) is 1. The van der Waals surface area contributed by atoms with Crippen LogP contribution in [0.15, 0.2) is 12.3 Å². The van der Waals surface area contributed by atoms with Gasteiger partial charge < -0.3 is 4.90 Å². The highest BCUT2D eigenvalue weighted by Crippen LogP contribution is 1.91. The van der Waals surface area contributed by atoms with Gasteiger partial charge in [0, 0.05) is 12.7 Å². The number of hydrogen-bond acceptors (Lipinski definition) is 3. The molecule has 1 aromatic heterocycles. The van der Waals surface area contributed by atoms with Gasteiger partial charge in [0.1, 0.15) is 5.69 Å². The van der Waals surface area contributed by atoms with E-state index in [1.807, 2.05) is 20.3 Å². The molecule has 0 aliphatic heterocycles. The lowest BCUT2D eigenvalue weighted by atomic mass is 10.5. The minimum Gasteiger partial charge on any atom is -0.308 e. The maximum Gasteiger partial charge on any atom is 0.170 e. The van der Waals surface area contributed by atoms with Crippen molar-refractivity contribution in [2.75, 3.05) is 20.6 Å². The average Bonchev–Trinajstić information content (AvgIpc) is 2.48. The molecule has 1 rings (SSSR count). The number of carbonyl (C=O) groups is 1. The summed E-state index contributed by atoms with van der Waals surface area (Å²) >= 11 is 0. The normalized spacial score (nSPS) is 10.6. The first-order valence-corrected chi connectivity index (χ1v) is 3.86. The molecule has 4 nitrogen and oxygen atoms in total. The van der Waals surface area contributed by atoms with Crippen molar-refractivity contribution in [3.8, 4) is 0 Å². The molecule has 0 bridgehead atoms. The Bertz CT molecular complexity index is 255. The van der Waals surface area contributed by atoms with Crippen LogP contribution in [0, 0.1) is 0 Å². The first-order chi connectivity index (χ1) is 5.72. The van der Waals surface area contributed by atoms with Gasteiger partial charge in [0.15, 0.2) is 6.29 Å². The monoisotopic (exact) mass is 167 g/mol. The molecular weight excluding hydrogens is 154 g/mol. The molecule has 1 aromatic rings. The van der Waals surface area contributed by atoms with E-state index in [4.69, 9.17) is 0 Å². The third kappa shape index (κ3) is 2.47. The molecule has 66 valence electrons. The molecule has 12 heavy (non-hydrogen) atoms. The zero-order chi connectivity index (χ0) is 8.97. The highest BCUT2D eigenvalue weighted by molar-refractivity contribution is 5.71. The summed E-state index contributed by atoms with van der Waals surface area (Å²) in [6, 6.07) is 1.71. The van der Waals surface area contributed by atoms with Crippen molar-refractivity contribution in [1.82, 2.24) is 14.7 Å². The van der Waals surface area contributed by atoms with E-state index in [2.05, 4.69) is 10.00 Å². The van der Waals surface area contributed by atoms with Gasteiger partial charge in [0.2, 0.25) is 0 Å². The Morgan fingerprint density at radius 1 is 1.67 bits per heavy atom. The van der Waals surface area contributed by atoms with Crippen LogP contribution >= 0.6 is 0 Å². The van der Waals surface area contributed by atoms with Gasteiger partial charge in [-0.05, 0) is 20.2 Å². The van der Waals surface area contributed by atoms with E-state index in [1.165, 1.54) is 0 Å². The highest BCUT2D eigenvalue weighted by atomic mass is 16.1. The van der Waals surface area contributed by atoms with E-state index in [0.29, 0.717) is 5.69 Å². The number of aldehydes is 1. The molecule has 0 atom stereocenters. The van der Waals surface area contributed by atoms with Crippen LogP contribution in [0.5, 0.6) is 0 Å². The fourth-order valence-electron chi connectivity index (χ4n) is 0.867. The van der Waals surface area contributed by atoms with Gasteiger partial charge in [-0.15, -0.1) is 0 Å². The summed E-state index contributed by atoms with van der Waals surface area (Å²) in [4.78, 5) is 12.3. The topological polar surface area (TPSA) is 38.1 Å². The molecule has 0 saturated heterocycles. The Labute approximate surface area is 71.8 Å². The molecule has 0 fully saturated rings. The fraction of sp³-hybridized carbons (Fsp3) is 0.500. The molecule has 0 spiro atoms. The predicted octanol–water partition coefficient (Wildman–Crippen LogP) is 0.257. The smallest absolute Gasteiger partial charge is 0.170 e. The van der Waals surface area contributed by atoms with Crippen LogP contribution in [0.3, 0.4) is 0 Å². The molecule has 0 radical (unpaired) electrons. The minimum absolute atomic E-state index is 0.494. The van der Waals surface area contributed by atoms with Crippen molar-refractivity contribution in [2.45, 2.75) is 6.54 Å². The number of nitrogens with zero attached hydrogens (tertiary/aromatic N) is 3. The Morgan fingerprint density at radius 2 is 2.42 bits per heavy atom. The summed E-state index contributed by atoms with van der Waals surface area (Å²) in [7, 11) is 4.01. The summed E-state index contributed by atoms with van der Waals surface area (Å²) in [5.74, 6) is 0. The van der Waals surface area contributed by atoms with Crippen molar-refractivity contribution in [3.63, 3.8) is 0 Å². The Balaban J connectivity index is 2.47. The van der Waals surface area contributed by atoms with Crippen LogP contribution < -0.4 is 0 Å². The van der Waals surface area contributed by atoms with Crippen molar-refractivity contribution in [1.29, 1.82) is 0 Å². The van der Waals surface area contributed by atoms with Gasteiger partial charge in [0.25, 0.3) is 0 Å². The van der Waals surface area contributed by atoms with Crippen molar-refractivity contribution < 1.29 is 4.79 Å². The molecule has 0 aromatic carbocycles. The standard InChI is InChI=1S/C8H13N3O/c1-10(2)5-6-11-4-3-8(7-12)9-11/h3-4,7H,5-6H2,1-2H3. The molecule has 4 heteroatoms. The third-order valence-corrected chi connectivity index (χ3v) is 1.56. The van der Waals surface area contributed by atoms with E-state index >= 15 is 0 Å². The van der Waals surface area contributed by atoms with Crippen LogP contribution in [0.2, 0.25) is 0 Å². The van der Waals surface area contributed by atoms with Crippen LogP contribution in [0.1, 0.15) is 10.5 Å². The van der Waals surface area contributed by atoms with Crippen molar-refractivity contribution in [3.05, 3.63) is 18.0 Å². The zero-order valence-electron chi connectivity index (χ0n) is 7.40. The predicted molar refractivity (Wildman–Crippen MR) is 46.2 cm³/mol. The molecule has 0 aliphatic rings. The number of carbonyl (C=O) groups excluding carboxylic acids is 1. The first kappa shape index (κ1) is 8.93. The Hall–Kier alpha value is -1.16. The van der Waals surface area contributed by atoms with Crippen molar-refractivity contribution >= 4 is 6.29 Å². The van der Waals surface area contributed by atoms with Gasteiger partial charge >= 0.3 is 0 Å². The average molecular weight is 167 g/mol. The molecule has 0 aliphatic carbocycles. The number of aromatic nitrogens is 2.